The summed E-state index contributed by atoms with van der Waals surface area (Å²) in [6.45, 7) is 7.76. The minimum atomic E-state index is -0.939. The molecule has 0 aromatic carbocycles. The summed E-state index contributed by atoms with van der Waals surface area (Å²) in [7, 11) is 0. The molecule has 0 aliphatic rings. The molecule has 1 aromatic rings. The van der Waals surface area contributed by atoms with Gasteiger partial charge in [0.25, 0.3) is 0 Å². The van der Waals surface area contributed by atoms with Crippen LogP contribution in [0.15, 0.2) is 22.5 Å². The van der Waals surface area contributed by atoms with Crippen LogP contribution in [0.4, 0.5) is 0 Å². The van der Waals surface area contributed by atoms with E-state index < -0.39 is 5.60 Å². The molecule has 1 atom stereocenters. The number of rotatable bonds is 5. The first kappa shape index (κ1) is 14.0. The van der Waals surface area contributed by atoms with Crippen molar-refractivity contribution in [2.24, 2.45) is 10.7 Å². The zero-order valence-corrected chi connectivity index (χ0v) is 11.5. The lowest BCUT2D eigenvalue weighted by Gasteiger charge is -2.23. The molecular weight excluding hydrogens is 234 g/mol. The Morgan fingerprint density at radius 1 is 1.53 bits per heavy atom. The van der Waals surface area contributed by atoms with E-state index in [0.29, 0.717) is 5.96 Å². The number of nitrogens with two attached hydrogens (primary N) is 1. The molecule has 0 amide bonds. The number of hydrogen-bond donors (Lipinski definition) is 2. The van der Waals surface area contributed by atoms with Crippen LogP contribution >= 0.6 is 11.3 Å². The Balaban J connectivity index is 2.69. The smallest absolute Gasteiger partial charge is 0.191 e. The minimum Gasteiger partial charge on any atom is -0.383 e. The van der Waals surface area contributed by atoms with Crippen LogP contribution in [0.3, 0.4) is 0 Å². The van der Waals surface area contributed by atoms with Gasteiger partial charge >= 0.3 is 0 Å². The molecule has 1 rings (SSSR count). The molecule has 1 unspecified atom stereocenters. The summed E-state index contributed by atoms with van der Waals surface area (Å²) in [5, 5.41) is 12.2. The summed E-state index contributed by atoms with van der Waals surface area (Å²) in [5.41, 5.74) is 4.93. The summed E-state index contributed by atoms with van der Waals surface area (Å²) in [6, 6.07) is 3.83. The van der Waals surface area contributed by atoms with Crippen LogP contribution in [0.5, 0.6) is 0 Å². The van der Waals surface area contributed by atoms with Crippen molar-refractivity contribution in [3.05, 3.63) is 22.4 Å². The lowest BCUT2D eigenvalue weighted by Crippen LogP contribution is -2.38. The topological polar surface area (TPSA) is 61.8 Å². The second-order valence-corrected chi connectivity index (χ2v) is 5.05. The van der Waals surface area contributed by atoms with Crippen LogP contribution in [-0.2, 0) is 5.60 Å². The van der Waals surface area contributed by atoms with E-state index in [1.54, 1.807) is 6.92 Å². The average Bonchev–Trinajstić information content (AvgIpc) is 2.82. The van der Waals surface area contributed by atoms with Crippen LogP contribution in [0.2, 0.25) is 0 Å². The number of guanidine groups is 1. The van der Waals surface area contributed by atoms with Crippen molar-refractivity contribution in [2.45, 2.75) is 26.4 Å². The zero-order chi connectivity index (χ0) is 12.9. The molecule has 1 heterocycles. The van der Waals surface area contributed by atoms with E-state index in [4.69, 9.17) is 5.73 Å². The van der Waals surface area contributed by atoms with E-state index in [1.807, 2.05) is 36.3 Å². The highest BCUT2D eigenvalue weighted by atomic mass is 32.1. The van der Waals surface area contributed by atoms with Gasteiger partial charge in [-0.1, -0.05) is 6.07 Å². The molecule has 96 valence electrons. The Hall–Kier alpha value is -1.07. The number of aliphatic hydroxyl groups is 1. The van der Waals surface area contributed by atoms with Crippen molar-refractivity contribution in [3.63, 3.8) is 0 Å². The zero-order valence-electron chi connectivity index (χ0n) is 10.7. The Morgan fingerprint density at radius 2 is 2.18 bits per heavy atom. The first-order valence-corrected chi connectivity index (χ1v) is 6.70. The van der Waals surface area contributed by atoms with Gasteiger partial charge in [-0.05, 0) is 32.2 Å². The molecule has 4 nitrogen and oxygen atoms in total. The average molecular weight is 255 g/mol. The van der Waals surface area contributed by atoms with Crippen LogP contribution in [-0.4, -0.2) is 35.6 Å². The highest BCUT2D eigenvalue weighted by molar-refractivity contribution is 7.10. The Kier molecular flexibility index (Phi) is 4.96. The molecule has 0 aliphatic heterocycles. The fraction of sp³-hybridized carbons (Fsp3) is 0.583. The van der Waals surface area contributed by atoms with Crippen molar-refractivity contribution in [2.75, 3.05) is 19.6 Å². The van der Waals surface area contributed by atoms with Crippen molar-refractivity contribution in [1.82, 2.24) is 4.90 Å². The van der Waals surface area contributed by atoms with E-state index >= 15 is 0 Å². The van der Waals surface area contributed by atoms with Gasteiger partial charge in [0.1, 0.15) is 5.60 Å². The second kappa shape index (κ2) is 6.02. The molecule has 3 N–H and O–H groups in total. The molecule has 0 fully saturated rings. The minimum absolute atomic E-state index is 0.288. The number of thiophene rings is 1. The molecule has 0 spiro atoms. The third kappa shape index (κ3) is 3.71. The quantitative estimate of drug-likeness (QED) is 0.621. The van der Waals surface area contributed by atoms with Crippen LogP contribution in [0.1, 0.15) is 25.6 Å². The maximum Gasteiger partial charge on any atom is 0.191 e. The van der Waals surface area contributed by atoms with Gasteiger partial charge in [0.05, 0.1) is 6.54 Å². The summed E-state index contributed by atoms with van der Waals surface area (Å²) in [4.78, 5) is 7.14. The van der Waals surface area contributed by atoms with Gasteiger partial charge in [-0.25, -0.2) is 4.99 Å². The van der Waals surface area contributed by atoms with Gasteiger partial charge in [0, 0.05) is 18.0 Å². The van der Waals surface area contributed by atoms with Gasteiger partial charge in [0.2, 0.25) is 0 Å². The maximum atomic E-state index is 10.3. The van der Waals surface area contributed by atoms with E-state index in [2.05, 4.69) is 4.99 Å². The summed E-state index contributed by atoms with van der Waals surface area (Å²) < 4.78 is 0. The molecule has 1 aromatic heterocycles. The summed E-state index contributed by atoms with van der Waals surface area (Å²) in [5.74, 6) is 0.492. The van der Waals surface area contributed by atoms with E-state index in [1.165, 1.54) is 11.3 Å². The predicted molar refractivity (Wildman–Crippen MR) is 73.3 cm³/mol. The molecule has 5 heteroatoms. The molecule has 0 bridgehead atoms. The van der Waals surface area contributed by atoms with Crippen molar-refractivity contribution < 1.29 is 5.11 Å². The normalized spacial score (nSPS) is 15.6. The third-order valence-electron chi connectivity index (χ3n) is 2.69. The van der Waals surface area contributed by atoms with Gasteiger partial charge in [-0.2, -0.15) is 0 Å². The highest BCUT2D eigenvalue weighted by Crippen LogP contribution is 2.25. The Morgan fingerprint density at radius 3 is 2.65 bits per heavy atom. The van der Waals surface area contributed by atoms with Crippen LogP contribution in [0.25, 0.3) is 0 Å². The molecular formula is C12H21N3OS. The Labute approximate surface area is 107 Å². The van der Waals surface area contributed by atoms with E-state index in [0.717, 1.165) is 18.0 Å². The van der Waals surface area contributed by atoms with Crippen molar-refractivity contribution in [1.29, 1.82) is 0 Å². The molecule has 0 aliphatic carbocycles. The molecule has 0 radical (unpaired) electrons. The fourth-order valence-electron chi connectivity index (χ4n) is 1.55. The second-order valence-electron chi connectivity index (χ2n) is 4.10. The summed E-state index contributed by atoms with van der Waals surface area (Å²) in [6.07, 6.45) is 0. The number of aliphatic imine (C=N–C) groups is 1. The van der Waals surface area contributed by atoms with Crippen molar-refractivity contribution in [3.8, 4) is 0 Å². The van der Waals surface area contributed by atoms with Crippen molar-refractivity contribution >= 4 is 17.3 Å². The maximum absolute atomic E-state index is 10.3. The standard InChI is InChI=1S/C12H21N3OS/c1-4-15(5-2)11(13)14-9-12(3,16)10-7-6-8-17-10/h6-8,16H,4-5,9H2,1-3H3,(H2,13,14). The molecule has 0 saturated heterocycles. The lowest BCUT2D eigenvalue weighted by molar-refractivity contribution is 0.0709. The number of nitrogens with zero attached hydrogens (tertiary/aromatic N) is 2. The molecule has 17 heavy (non-hydrogen) atoms. The monoisotopic (exact) mass is 255 g/mol. The Bertz CT molecular complexity index is 356. The largest absolute Gasteiger partial charge is 0.383 e. The van der Waals surface area contributed by atoms with E-state index in [-0.39, 0.29) is 6.54 Å². The van der Waals surface area contributed by atoms with Gasteiger partial charge < -0.3 is 15.7 Å². The van der Waals surface area contributed by atoms with Crippen LogP contribution < -0.4 is 5.73 Å². The molecule has 0 saturated carbocycles. The van der Waals surface area contributed by atoms with E-state index in [9.17, 15) is 5.11 Å². The first-order chi connectivity index (χ1) is 8.01. The van der Waals surface area contributed by atoms with Gasteiger partial charge in [0.15, 0.2) is 5.96 Å². The van der Waals surface area contributed by atoms with Gasteiger partial charge in [-0.3, -0.25) is 0 Å². The first-order valence-electron chi connectivity index (χ1n) is 5.82. The third-order valence-corrected chi connectivity index (χ3v) is 3.81. The SMILES string of the molecule is CCN(CC)C(N)=NCC(C)(O)c1cccs1. The summed E-state index contributed by atoms with van der Waals surface area (Å²) >= 11 is 1.53. The highest BCUT2D eigenvalue weighted by Gasteiger charge is 2.24. The predicted octanol–water partition coefficient (Wildman–Crippen LogP) is 1.61. The van der Waals surface area contributed by atoms with Crippen LogP contribution in [0, 0.1) is 0 Å². The fourth-order valence-corrected chi connectivity index (χ4v) is 2.32. The lowest BCUT2D eigenvalue weighted by atomic mass is 10.1. The number of hydrogen-bond acceptors (Lipinski definition) is 3. The van der Waals surface area contributed by atoms with Gasteiger partial charge in [-0.15, -0.1) is 11.3 Å².